The lowest BCUT2D eigenvalue weighted by atomic mass is 10.3. The molecule has 0 atom stereocenters. The maximum absolute atomic E-state index is 12.8. The third-order valence-electron chi connectivity index (χ3n) is 3.55. The zero-order valence-electron chi connectivity index (χ0n) is 13.5. The molecule has 23 heavy (non-hydrogen) atoms. The molecule has 1 saturated heterocycles. The minimum atomic E-state index is -3.62. The molecule has 128 valence electrons. The van der Waals surface area contributed by atoms with Crippen molar-refractivity contribution in [2.24, 2.45) is 0 Å². The zero-order valence-corrected chi connectivity index (χ0v) is 14.3. The Hall–Kier alpha value is -1.64. The number of benzene rings is 1. The first-order valence-corrected chi connectivity index (χ1v) is 9.14. The number of anilines is 1. The first-order chi connectivity index (χ1) is 11.0. The van der Waals surface area contributed by atoms with Crippen molar-refractivity contribution in [2.75, 3.05) is 38.6 Å². The zero-order chi connectivity index (χ0) is 16.9. The maximum Gasteiger partial charge on any atom is 0.246 e. The average molecular weight is 341 g/mol. The van der Waals surface area contributed by atoms with Gasteiger partial charge in [-0.3, -0.25) is 4.79 Å². The lowest BCUT2D eigenvalue weighted by molar-refractivity contribution is -0.115. The molecule has 0 aliphatic carbocycles. The van der Waals surface area contributed by atoms with E-state index in [1.165, 1.54) is 10.4 Å². The van der Waals surface area contributed by atoms with Crippen LogP contribution in [0.1, 0.15) is 19.8 Å². The molecule has 0 bridgehead atoms. The molecule has 1 aliphatic rings. The number of rotatable bonds is 7. The van der Waals surface area contributed by atoms with E-state index in [4.69, 9.17) is 4.74 Å². The molecule has 2 N–H and O–H groups in total. The number of amides is 1. The van der Waals surface area contributed by atoms with Crippen LogP contribution in [0, 0.1) is 0 Å². The molecule has 2 rings (SSSR count). The second-order valence-electron chi connectivity index (χ2n) is 5.28. The van der Waals surface area contributed by atoms with Crippen LogP contribution >= 0.6 is 0 Å². The van der Waals surface area contributed by atoms with Gasteiger partial charge < -0.3 is 15.4 Å². The van der Waals surface area contributed by atoms with Crippen molar-refractivity contribution in [3.63, 3.8) is 0 Å². The lowest BCUT2D eigenvalue weighted by Gasteiger charge is -2.19. The average Bonchev–Trinajstić information content (AvgIpc) is 3.04. The van der Waals surface area contributed by atoms with Crippen molar-refractivity contribution in [2.45, 2.75) is 24.7 Å². The third kappa shape index (κ3) is 4.21. The predicted octanol–water partition coefficient (Wildman–Crippen LogP) is 1.03. The molecular weight excluding hydrogens is 318 g/mol. The quantitative estimate of drug-likeness (QED) is 0.773. The number of sulfonamides is 1. The summed E-state index contributed by atoms with van der Waals surface area (Å²) in [6.45, 7) is 3.36. The molecule has 0 saturated carbocycles. The minimum Gasteiger partial charge on any atom is -0.492 e. The van der Waals surface area contributed by atoms with Crippen molar-refractivity contribution in [3.8, 4) is 5.75 Å². The number of nitrogens with one attached hydrogen (secondary N) is 2. The molecule has 8 heteroatoms. The molecule has 7 nitrogen and oxygen atoms in total. The molecule has 0 radical (unpaired) electrons. The maximum atomic E-state index is 12.8. The first-order valence-electron chi connectivity index (χ1n) is 7.70. The molecule has 1 aliphatic heterocycles. The molecule has 1 aromatic rings. The van der Waals surface area contributed by atoms with E-state index < -0.39 is 10.0 Å². The van der Waals surface area contributed by atoms with Crippen LogP contribution in [-0.4, -0.2) is 51.9 Å². The number of nitrogens with zero attached hydrogens (tertiary/aromatic N) is 1. The Bertz CT molecular complexity index is 655. The first kappa shape index (κ1) is 17.7. The molecular formula is C15H23N3O4S. The van der Waals surface area contributed by atoms with Crippen molar-refractivity contribution in [1.82, 2.24) is 9.62 Å². The number of hydrogen-bond donors (Lipinski definition) is 2. The van der Waals surface area contributed by atoms with E-state index in [0.29, 0.717) is 31.1 Å². The van der Waals surface area contributed by atoms with Crippen molar-refractivity contribution in [1.29, 1.82) is 0 Å². The number of hydrogen-bond acceptors (Lipinski definition) is 5. The SMILES string of the molecule is CCOc1ccc(NC(=O)CNC)cc1S(=O)(=O)N1CCCC1. The van der Waals surface area contributed by atoms with Crippen LogP contribution in [0.25, 0.3) is 0 Å². The summed E-state index contributed by atoms with van der Waals surface area (Å²) in [6.07, 6.45) is 1.73. The summed E-state index contributed by atoms with van der Waals surface area (Å²) in [5, 5.41) is 5.42. The fourth-order valence-electron chi connectivity index (χ4n) is 2.50. The van der Waals surface area contributed by atoms with Crippen LogP contribution in [0.2, 0.25) is 0 Å². The van der Waals surface area contributed by atoms with Gasteiger partial charge in [0.25, 0.3) is 0 Å². The van der Waals surface area contributed by atoms with E-state index in [0.717, 1.165) is 12.8 Å². The number of ether oxygens (including phenoxy) is 1. The van der Waals surface area contributed by atoms with E-state index in [-0.39, 0.29) is 17.3 Å². The van der Waals surface area contributed by atoms with Gasteiger partial charge in [-0.05, 0) is 45.0 Å². The fraction of sp³-hybridized carbons (Fsp3) is 0.533. The minimum absolute atomic E-state index is 0.100. The van der Waals surface area contributed by atoms with Crippen molar-refractivity contribution < 1.29 is 17.9 Å². The van der Waals surface area contributed by atoms with Crippen LogP contribution in [0.3, 0.4) is 0 Å². The van der Waals surface area contributed by atoms with E-state index in [1.54, 1.807) is 26.1 Å². The molecule has 1 fully saturated rings. The van der Waals surface area contributed by atoms with Crippen molar-refractivity contribution in [3.05, 3.63) is 18.2 Å². The van der Waals surface area contributed by atoms with Gasteiger partial charge in [0.1, 0.15) is 10.6 Å². The van der Waals surface area contributed by atoms with E-state index in [1.807, 2.05) is 0 Å². The Balaban J connectivity index is 2.35. The summed E-state index contributed by atoms with van der Waals surface area (Å²) < 4.78 is 32.6. The van der Waals surface area contributed by atoms with Crippen LogP contribution in [-0.2, 0) is 14.8 Å². The highest BCUT2D eigenvalue weighted by Gasteiger charge is 2.30. The Labute approximate surface area is 137 Å². The smallest absolute Gasteiger partial charge is 0.246 e. The standard InChI is InChI=1S/C15H23N3O4S/c1-3-22-13-7-6-12(17-15(19)11-16-2)10-14(13)23(20,21)18-8-4-5-9-18/h6-7,10,16H,3-5,8-9,11H2,1-2H3,(H,17,19). The molecule has 0 aromatic heterocycles. The largest absolute Gasteiger partial charge is 0.492 e. The summed E-state index contributed by atoms with van der Waals surface area (Å²) in [4.78, 5) is 11.8. The second-order valence-corrected chi connectivity index (χ2v) is 7.19. The highest BCUT2D eigenvalue weighted by atomic mass is 32.2. The summed E-state index contributed by atoms with van der Waals surface area (Å²) in [5.74, 6) is 0.0761. The lowest BCUT2D eigenvalue weighted by Crippen LogP contribution is -2.29. The van der Waals surface area contributed by atoms with Gasteiger partial charge in [0.15, 0.2) is 0 Å². The van der Waals surface area contributed by atoms with Gasteiger partial charge in [-0.25, -0.2) is 8.42 Å². The summed E-state index contributed by atoms with van der Waals surface area (Å²) in [6, 6.07) is 4.69. The molecule has 1 amide bonds. The van der Waals surface area contributed by atoms with Crippen LogP contribution in [0.5, 0.6) is 5.75 Å². The highest BCUT2D eigenvalue weighted by Crippen LogP contribution is 2.31. The van der Waals surface area contributed by atoms with Crippen molar-refractivity contribution >= 4 is 21.6 Å². The van der Waals surface area contributed by atoms with Gasteiger partial charge in [-0.2, -0.15) is 4.31 Å². The number of carbonyl (C=O) groups excluding carboxylic acids is 1. The molecule has 0 spiro atoms. The Morgan fingerprint density at radius 3 is 2.61 bits per heavy atom. The Morgan fingerprint density at radius 1 is 1.30 bits per heavy atom. The number of carbonyl (C=O) groups is 1. The second kappa shape index (κ2) is 7.76. The van der Waals surface area contributed by atoms with Gasteiger partial charge in [-0.1, -0.05) is 0 Å². The Morgan fingerprint density at radius 2 is 2.00 bits per heavy atom. The topological polar surface area (TPSA) is 87.7 Å². The van der Waals surface area contributed by atoms with E-state index in [9.17, 15) is 13.2 Å². The van der Waals surface area contributed by atoms with Gasteiger partial charge in [0.05, 0.1) is 13.2 Å². The van der Waals surface area contributed by atoms with E-state index in [2.05, 4.69) is 10.6 Å². The Kier molecular flexibility index (Phi) is 5.97. The van der Waals surface area contributed by atoms with Gasteiger partial charge >= 0.3 is 0 Å². The van der Waals surface area contributed by atoms with Crippen LogP contribution < -0.4 is 15.4 Å². The third-order valence-corrected chi connectivity index (χ3v) is 5.47. The van der Waals surface area contributed by atoms with Gasteiger partial charge in [0, 0.05) is 18.8 Å². The normalized spacial score (nSPS) is 15.6. The summed E-state index contributed by atoms with van der Waals surface area (Å²) >= 11 is 0. The van der Waals surface area contributed by atoms with Gasteiger partial charge in [-0.15, -0.1) is 0 Å². The number of likely N-dealkylation sites (N-methyl/N-ethyl adjacent to an activating group) is 1. The van der Waals surface area contributed by atoms with E-state index >= 15 is 0 Å². The van der Waals surface area contributed by atoms with Crippen LogP contribution in [0.4, 0.5) is 5.69 Å². The van der Waals surface area contributed by atoms with Gasteiger partial charge in [0.2, 0.25) is 15.9 Å². The molecule has 1 heterocycles. The summed E-state index contributed by atoms with van der Waals surface area (Å²) in [7, 11) is -1.95. The highest BCUT2D eigenvalue weighted by molar-refractivity contribution is 7.89. The molecule has 1 aromatic carbocycles. The predicted molar refractivity (Wildman–Crippen MR) is 88.2 cm³/mol. The fourth-order valence-corrected chi connectivity index (χ4v) is 4.17. The van der Waals surface area contributed by atoms with Crippen LogP contribution in [0.15, 0.2) is 23.1 Å². The summed E-state index contributed by atoms with van der Waals surface area (Å²) in [5.41, 5.74) is 0.437. The monoisotopic (exact) mass is 341 g/mol. The molecule has 0 unspecified atom stereocenters.